The van der Waals surface area contributed by atoms with Crippen molar-refractivity contribution in [3.63, 3.8) is 0 Å². The minimum absolute atomic E-state index is 0. The first-order valence-corrected chi connectivity index (χ1v) is 8.66. The number of nitrogens with one attached hydrogen (secondary N) is 1. The van der Waals surface area contributed by atoms with Crippen LogP contribution in [0.1, 0.15) is 24.7 Å². The van der Waals surface area contributed by atoms with E-state index in [4.69, 9.17) is 9.26 Å². The molecule has 148 valence electrons. The average molecular weight is 416 g/mol. The Labute approximate surface area is 169 Å². The molecule has 2 aromatic heterocycles. The Morgan fingerprint density at radius 3 is 2.70 bits per heavy atom. The maximum atomic E-state index is 12.5. The molecule has 2 aliphatic rings. The van der Waals surface area contributed by atoms with E-state index in [2.05, 4.69) is 20.4 Å². The van der Waals surface area contributed by atoms with Gasteiger partial charge in [0.05, 0.1) is 13.2 Å². The molecule has 0 saturated carbocycles. The summed E-state index contributed by atoms with van der Waals surface area (Å²) < 4.78 is 10.8. The number of halogens is 2. The fourth-order valence-corrected chi connectivity index (χ4v) is 3.29. The molecule has 0 aliphatic carbocycles. The molecule has 4 heterocycles. The minimum atomic E-state index is -0.218. The Balaban J connectivity index is 0.00000131. The van der Waals surface area contributed by atoms with Gasteiger partial charge in [0, 0.05) is 31.7 Å². The van der Waals surface area contributed by atoms with E-state index >= 15 is 0 Å². The number of pyridine rings is 1. The maximum Gasteiger partial charge on any atom is 0.242 e. The summed E-state index contributed by atoms with van der Waals surface area (Å²) in [4.78, 5) is 23.1. The second-order valence-electron chi connectivity index (χ2n) is 6.35. The van der Waals surface area contributed by atoms with E-state index in [1.54, 1.807) is 6.20 Å². The fraction of sp³-hybridized carbons (Fsp3) is 0.529. The summed E-state index contributed by atoms with van der Waals surface area (Å²) in [5, 5.41) is 7.25. The Morgan fingerprint density at radius 1 is 1.22 bits per heavy atom. The molecule has 4 rings (SSSR count). The maximum absolute atomic E-state index is 12.5. The minimum Gasteiger partial charge on any atom is -0.378 e. The van der Waals surface area contributed by atoms with E-state index in [9.17, 15) is 4.79 Å². The third kappa shape index (κ3) is 4.95. The quantitative estimate of drug-likeness (QED) is 0.814. The number of carbonyl (C=O) groups excluding carboxylic acids is 1. The monoisotopic (exact) mass is 415 g/mol. The van der Waals surface area contributed by atoms with Gasteiger partial charge in [0.1, 0.15) is 11.7 Å². The number of hydrogen-bond acceptors (Lipinski definition) is 7. The SMILES string of the molecule is Cl.Cl.O=C(C1COCCN1)N1CCC(c2nc(-c3ccccn3)no2)CC1. The normalized spacial score (nSPS) is 20.4. The van der Waals surface area contributed by atoms with Crippen LogP contribution in [-0.4, -0.2) is 64.8 Å². The Morgan fingerprint density at radius 2 is 2.04 bits per heavy atom. The van der Waals surface area contributed by atoms with Crippen LogP contribution in [-0.2, 0) is 9.53 Å². The van der Waals surface area contributed by atoms with Crippen LogP contribution in [0.15, 0.2) is 28.9 Å². The van der Waals surface area contributed by atoms with E-state index in [1.807, 2.05) is 23.1 Å². The summed E-state index contributed by atoms with van der Waals surface area (Å²) in [6.07, 6.45) is 3.35. The summed E-state index contributed by atoms with van der Waals surface area (Å²) in [7, 11) is 0. The molecule has 0 bridgehead atoms. The van der Waals surface area contributed by atoms with Crippen molar-refractivity contribution in [1.29, 1.82) is 0 Å². The van der Waals surface area contributed by atoms with E-state index in [1.165, 1.54) is 0 Å². The first kappa shape index (κ1) is 21.6. The van der Waals surface area contributed by atoms with Crippen LogP contribution in [0.2, 0.25) is 0 Å². The van der Waals surface area contributed by atoms with Crippen LogP contribution in [0.3, 0.4) is 0 Å². The van der Waals surface area contributed by atoms with Crippen molar-refractivity contribution >= 4 is 30.7 Å². The second-order valence-corrected chi connectivity index (χ2v) is 6.35. The van der Waals surface area contributed by atoms with Crippen LogP contribution in [0.4, 0.5) is 0 Å². The number of aromatic nitrogens is 3. The molecule has 2 saturated heterocycles. The smallest absolute Gasteiger partial charge is 0.242 e. The van der Waals surface area contributed by atoms with Crippen LogP contribution in [0, 0.1) is 0 Å². The lowest BCUT2D eigenvalue weighted by atomic mass is 9.96. The van der Waals surface area contributed by atoms with Gasteiger partial charge >= 0.3 is 0 Å². The molecule has 2 aliphatic heterocycles. The van der Waals surface area contributed by atoms with Gasteiger partial charge in [0.15, 0.2) is 0 Å². The Hall–Kier alpha value is -1.74. The van der Waals surface area contributed by atoms with Gasteiger partial charge < -0.3 is 19.5 Å². The van der Waals surface area contributed by atoms with Crippen molar-refractivity contribution in [2.24, 2.45) is 0 Å². The third-order valence-electron chi connectivity index (χ3n) is 4.71. The summed E-state index contributed by atoms with van der Waals surface area (Å²) in [5.74, 6) is 1.45. The molecule has 8 nitrogen and oxygen atoms in total. The molecule has 10 heteroatoms. The first-order valence-electron chi connectivity index (χ1n) is 8.66. The lowest BCUT2D eigenvalue weighted by Gasteiger charge is -2.34. The van der Waals surface area contributed by atoms with Crippen molar-refractivity contribution < 1.29 is 14.1 Å². The molecule has 1 unspecified atom stereocenters. The van der Waals surface area contributed by atoms with Crippen molar-refractivity contribution in [2.45, 2.75) is 24.8 Å². The molecule has 0 aromatic carbocycles. The number of carbonyl (C=O) groups is 1. The fourth-order valence-electron chi connectivity index (χ4n) is 3.29. The van der Waals surface area contributed by atoms with Gasteiger partial charge in [-0.05, 0) is 25.0 Å². The number of rotatable bonds is 3. The average Bonchev–Trinajstić information content (AvgIpc) is 3.19. The van der Waals surface area contributed by atoms with Gasteiger partial charge in [-0.2, -0.15) is 4.98 Å². The summed E-state index contributed by atoms with van der Waals surface area (Å²) in [5.41, 5.74) is 0.702. The zero-order chi connectivity index (χ0) is 17.1. The molecule has 1 amide bonds. The van der Waals surface area contributed by atoms with E-state index in [0.717, 1.165) is 19.4 Å². The molecule has 0 spiro atoms. The van der Waals surface area contributed by atoms with E-state index in [-0.39, 0.29) is 42.7 Å². The molecule has 2 aromatic rings. The number of nitrogens with zero attached hydrogens (tertiary/aromatic N) is 4. The molecular weight excluding hydrogens is 393 g/mol. The van der Waals surface area contributed by atoms with Crippen LogP contribution >= 0.6 is 24.8 Å². The van der Waals surface area contributed by atoms with Gasteiger partial charge in [-0.3, -0.25) is 9.78 Å². The highest BCUT2D eigenvalue weighted by Gasteiger charge is 2.31. The molecule has 1 N–H and O–H groups in total. The van der Waals surface area contributed by atoms with Crippen LogP contribution < -0.4 is 5.32 Å². The predicted molar refractivity (Wildman–Crippen MR) is 103 cm³/mol. The van der Waals surface area contributed by atoms with E-state index in [0.29, 0.717) is 43.7 Å². The van der Waals surface area contributed by atoms with Gasteiger partial charge in [0.25, 0.3) is 0 Å². The highest BCUT2D eigenvalue weighted by molar-refractivity contribution is 5.85. The topological polar surface area (TPSA) is 93.4 Å². The number of ether oxygens (including phenoxy) is 1. The molecule has 27 heavy (non-hydrogen) atoms. The summed E-state index contributed by atoms with van der Waals surface area (Å²) in [6.45, 7) is 3.24. The highest BCUT2D eigenvalue weighted by Crippen LogP contribution is 2.28. The summed E-state index contributed by atoms with van der Waals surface area (Å²) in [6, 6.07) is 5.38. The lowest BCUT2D eigenvalue weighted by molar-refractivity contribution is -0.137. The predicted octanol–water partition coefficient (Wildman–Crippen LogP) is 1.67. The van der Waals surface area contributed by atoms with E-state index < -0.39 is 0 Å². The standard InChI is InChI=1S/C17H21N5O3.2ClH/c23-17(14-11-24-10-7-19-14)22-8-4-12(5-9-22)16-20-15(21-25-16)13-3-1-2-6-18-13;;/h1-3,6,12,14,19H,4-5,7-11H2;2*1H. The van der Waals surface area contributed by atoms with Crippen molar-refractivity contribution in [2.75, 3.05) is 32.8 Å². The van der Waals surface area contributed by atoms with Crippen LogP contribution in [0.5, 0.6) is 0 Å². The molecule has 1 atom stereocenters. The van der Waals surface area contributed by atoms with Crippen molar-refractivity contribution in [3.05, 3.63) is 30.3 Å². The first-order chi connectivity index (χ1) is 12.3. The number of morpholine rings is 1. The summed E-state index contributed by atoms with van der Waals surface area (Å²) >= 11 is 0. The van der Waals surface area contributed by atoms with Gasteiger partial charge in [-0.25, -0.2) is 0 Å². The molecule has 0 radical (unpaired) electrons. The van der Waals surface area contributed by atoms with Crippen molar-refractivity contribution in [3.8, 4) is 11.5 Å². The molecule has 2 fully saturated rings. The number of likely N-dealkylation sites (tertiary alicyclic amines) is 1. The van der Waals surface area contributed by atoms with Gasteiger partial charge in [-0.15, -0.1) is 24.8 Å². The number of hydrogen-bond donors (Lipinski definition) is 1. The Bertz CT molecular complexity index is 716. The number of piperidine rings is 1. The lowest BCUT2D eigenvalue weighted by Crippen LogP contribution is -2.53. The van der Waals surface area contributed by atoms with Gasteiger partial charge in [-0.1, -0.05) is 11.2 Å². The highest BCUT2D eigenvalue weighted by atomic mass is 35.5. The zero-order valence-corrected chi connectivity index (χ0v) is 16.4. The Kier molecular flexibility index (Phi) is 7.97. The van der Waals surface area contributed by atoms with Crippen molar-refractivity contribution in [1.82, 2.24) is 25.3 Å². The molecular formula is C17H23Cl2N5O3. The van der Waals surface area contributed by atoms with Crippen LogP contribution in [0.25, 0.3) is 11.5 Å². The largest absolute Gasteiger partial charge is 0.378 e. The third-order valence-corrected chi connectivity index (χ3v) is 4.71. The second kappa shape index (κ2) is 9.98. The van der Waals surface area contributed by atoms with Gasteiger partial charge in [0.2, 0.25) is 17.6 Å². The zero-order valence-electron chi connectivity index (χ0n) is 14.7. The number of amides is 1.